The van der Waals surface area contributed by atoms with Crippen LogP contribution >= 0.6 is 0 Å². The number of rotatable bonds is 4. The molecule has 2 aromatic rings. The second-order valence-electron chi connectivity index (χ2n) is 12.4. The molecule has 0 aromatic carbocycles. The summed E-state index contributed by atoms with van der Waals surface area (Å²) in [5.41, 5.74) is 12.0. The second-order valence-corrected chi connectivity index (χ2v) is 13.2. The van der Waals surface area contributed by atoms with Crippen molar-refractivity contribution in [3.63, 3.8) is 0 Å². The molecule has 4 saturated heterocycles. The first-order chi connectivity index (χ1) is 22.2. The number of aromatic nitrogens is 2. The Hall–Kier alpha value is -2.95. The molecule has 47 heavy (non-hydrogen) atoms. The van der Waals surface area contributed by atoms with Crippen LogP contribution in [-0.2, 0) is 41.2 Å². The van der Waals surface area contributed by atoms with E-state index < -0.39 is 5.09 Å². The molecule has 1 radical (unpaired) electrons. The second kappa shape index (κ2) is 19.8. The van der Waals surface area contributed by atoms with Crippen molar-refractivity contribution in [2.75, 3.05) is 26.2 Å². The molecule has 2 aromatic heterocycles. The molecule has 8 rings (SSSR count). The van der Waals surface area contributed by atoms with Crippen LogP contribution in [0.1, 0.15) is 76.6 Å². The van der Waals surface area contributed by atoms with Gasteiger partial charge in [0, 0.05) is 66.8 Å². The molecule has 4 aliphatic heterocycles. The third-order valence-electron chi connectivity index (χ3n) is 9.06. The monoisotopic (exact) mass is 726 g/mol. The van der Waals surface area contributed by atoms with Crippen LogP contribution in [-0.4, -0.2) is 77.9 Å². The summed E-state index contributed by atoms with van der Waals surface area (Å²) in [7, 11) is 0. The molecule has 0 unspecified atom stereocenters. The van der Waals surface area contributed by atoms with Crippen LogP contribution in [0.3, 0.4) is 0 Å². The molecule has 12 nitrogen and oxygen atoms in total. The Morgan fingerprint density at radius 2 is 1.04 bits per heavy atom. The van der Waals surface area contributed by atoms with E-state index in [0.29, 0.717) is 0 Å². The van der Waals surface area contributed by atoms with E-state index in [4.69, 9.17) is 15.3 Å². The Morgan fingerprint density at radius 3 is 1.30 bits per heavy atom. The minimum atomic E-state index is -1.50. The minimum absolute atomic E-state index is 0. The van der Waals surface area contributed by atoms with Crippen molar-refractivity contribution in [2.24, 2.45) is 33.9 Å². The molecule has 2 saturated carbocycles. The van der Waals surface area contributed by atoms with Crippen molar-refractivity contribution in [3.05, 3.63) is 81.1 Å². The van der Waals surface area contributed by atoms with Gasteiger partial charge in [-0.25, -0.2) is 9.80 Å². The van der Waals surface area contributed by atoms with Gasteiger partial charge in [-0.05, 0) is 113 Å². The normalized spacial score (nSPS) is 24.1. The molecular weight excluding hydrogens is 681 g/mol. The molecule has 0 amide bonds. The maximum Gasteiger partial charge on any atom is 0.291 e. The van der Waals surface area contributed by atoms with Gasteiger partial charge in [0.1, 0.15) is 0 Å². The van der Waals surface area contributed by atoms with Crippen LogP contribution in [0.2, 0.25) is 0 Å². The third kappa shape index (κ3) is 12.9. The molecule has 0 atom stereocenters. The molecule has 6 fully saturated rings. The number of hydrogen-bond donors (Lipinski definition) is 1. The fourth-order valence-corrected chi connectivity index (χ4v) is 6.95. The van der Waals surface area contributed by atoms with E-state index in [1.54, 1.807) is 12.4 Å². The SMILES string of the molecule is CC(=N[N-]C(=[SH+])N1CC2CCC(CC2)C1)c1ccccn1.CC(=N[N-]C(=[SH+])N1CC2CCC(CC2)C1)c1ccccn1.O=[N+]([O-])O.[Co]. The summed E-state index contributed by atoms with van der Waals surface area (Å²) in [6, 6.07) is 11.6. The summed E-state index contributed by atoms with van der Waals surface area (Å²) in [6.07, 6.45) is 14.4. The van der Waals surface area contributed by atoms with Crippen molar-refractivity contribution >= 4 is 46.1 Å². The Bertz CT molecular complexity index is 1220. The van der Waals surface area contributed by atoms with E-state index in [9.17, 15) is 0 Å². The summed E-state index contributed by atoms with van der Waals surface area (Å²) in [4.78, 5) is 21.5. The van der Waals surface area contributed by atoms with Gasteiger partial charge in [0.2, 0.25) is 0 Å². The smallest absolute Gasteiger partial charge is 0.291 e. The molecule has 257 valence electrons. The molecule has 0 spiro atoms. The molecular formula is C32H45CoN9O3S2. The zero-order chi connectivity index (χ0) is 32.9. The summed E-state index contributed by atoms with van der Waals surface area (Å²) in [6.45, 7) is 8.18. The summed E-state index contributed by atoms with van der Waals surface area (Å²) in [5.74, 6) is 3.23. The topological polar surface area (TPSA) is 149 Å². The van der Waals surface area contributed by atoms with Gasteiger partial charge in [-0.3, -0.25) is 9.97 Å². The van der Waals surface area contributed by atoms with Crippen LogP contribution in [0, 0.1) is 33.8 Å². The Balaban J connectivity index is 0.000000225. The van der Waals surface area contributed by atoms with E-state index in [1.807, 2.05) is 50.2 Å². The van der Waals surface area contributed by atoms with Gasteiger partial charge in [0.15, 0.2) is 34.7 Å². The van der Waals surface area contributed by atoms with Crippen LogP contribution in [0.15, 0.2) is 59.0 Å². The average Bonchev–Trinajstić information content (AvgIpc) is 3.59. The zero-order valence-corrected chi connectivity index (χ0v) is 29.8. The molecule has 6 aliphatic rings. The standard InChI is InChI=1S/2C16H22N4S.Co.HNO3/c2*1-12(15-4-2-3-9-17-15)18-19-16(21)20-10-13-5-6-14(11-20)8-7-13;;2-1(3)4/h2*2-4,9,13-14H,5-8,10-11H2,1H3,(H,17,19,21);;(H,2,3,4). The average molecular weight is 727 g/mol. The predicted molar refractivity (Wildman–Crippen MR) is 190 cm³/mol. The first-order valence-electron chi connectivity index (χ1n) is 16.0. The van der Waals surface area contributed by atoms with Crippen LogP contribution in [0.5, 0.6) is 0 Å². The predicted octanol–water partition coefficient (Wildman–Crippen LogP) is 4.99. The van der Waals surface area contributed by atoms with E-state index >= 15 is 0 Å². The molecule has 6 heterocycles. The van der Waals surface area contributed by atoms with Crippen LogP contribution in [0.25, 0.3) is 10.9 Å². The fourth-order valence-electron chi connectivity index (χ4n) is 6.54. The largest absolute Gasteiger partial charge is 0.515 e. The quantitative estimate of drug-likeness (QED) is 0.117. The van der Waals surface area contributed by atoms with Crippen molar-refractivity contribution in [1.82, 2.24) is 19.8 Å². The van der Waals surface area contributed by atoms with Gasteiger partial charge < -0.3 is 26.3 Å². The first kappa shape index (κ1) is 38.5. The Morgan fingerprint density at radius 1 is 0.745 bits per heavy atom. The van der Waals surface area contributed by atoms with E-state index in [2.05, 4.69) is 65.3 Å². The number of hydrogen-bond acceptors (Lipinski definition) is 6. The molecule has 15 heteroatoms. The summed E-state index contributed by atoms with van der Waals surface area (Å²) >= 11 is 9.13. The maximum absolute atomic E-state index is 8.36. The first-order valence-corrected chi connectivity index (χ1v) is 16.9. The number of pyridine rings is 2. The minimum Gasteiger partial charge on any atom is -0.515 e. The number of nitrogens with zero attached hydrogens (tertiary/aromatic N) is 9. The van der Waals surface area contributed by atoms with Crippen molar-refractivity contribution in [3.8, 4) is 0 Å². The van der Waals surface area contributed by atoms with E-state index in [0.717, 1.165) is 82.9 Å². The van der Waals surface area contributed by atoms with Gasteiger partial charge in [-0.15, -0.1) is 10.1 Å². The van der Waals surface area contributed by atoms with Gasteiger partial charge >= 0.3 is 0 Å². The van der Waals surface area contributed by atoms with E-state index in [-0.39, 0.29) is 16.8 Å². The van der Waals surface area contributed by atoms with Crippen LogP contribution in [0.4, 0.5) is 0 Å². The van der Waals surface area contributed by atoms with Crippen molar-refractivity contribution < 1.29 is 27.1 Å². The molecule has 1 N–H and O–H groups in total. The van der Waals surface area contributed by atoms with Gasteiger partial charge in [-0.2, -0.15) is 0 Å². The summed E-state index contributed by atoms with van der Waals surface area (Å²) < 4.78 is 0. The van der Waals surface area contributed by atoms with E-state index in [1.165, 1.54) is 51.4 Å². The van der Waals surface area contributed by atoms with Gasteiger partial charge in [0.25, 0.3) is 5.09 Å². The number of thiol groups is 2. The zero-order valence-electron chi connectivity index (χ0n) is 26.9. The van der Waals surface area contributed by atoms with Crippen LogP contribution < -0.4 is 0 Å². The van der Waals surface area contributed by atoms with Crippen molar-refractivity contribution in [2.45, 2.75) is 65.2 Å². The number of fused-ring (bicyclic) bond motifs is 8. The Kier molecular flexibility index (Phi) is 16.2. The maximum atomic E-state index is 8.36. The van der Waals surface area contributed by atoms with Gasteiger partial charge in [0.05, 0.1) is 11.4 Å². The Labute approximate surface area is 298 Å². The van der Waals surface area contributed by atoms with Crippen molar-refractivity contribution in [1.29, 1.82) is 0 Å². The van der Waals surface area contributed by atoms with Gasteiger partial charge in [-0.1, -0.05) is 12.1 Å². The third-order valence-corrected chi connectivity index (χ3v) is 9.81. The fraction of sp³-hybridized carbons (Fsp3) is 0.562. The summed E-state index contributed by atoms with van der Waals surface area (Å²) in [5, 5.41) is 23.7. The molecule has 2 aliphatic carbocycles. The molecule has 4 bridgehead atoms.